The van der Waals surface area contributed by atoms with Gasteiger partial charge in [-0.1, -0.05) is 25.7 Å². The normalized spacial score (nSPS) is 14.8. The summed E-state index contributed by atoms with van der Waals surface area (Å²) in [4.78, 5) is 16.8. The average Bonchev–Trinajstić information content (AvgIpc) is 3.00. The van der Waals surface area contributed by atoms with E-state index in [1.807, 2.05) is 30.3 Å². The van der Waals surface area contributed by atoms with Crippen LogP contribution >= 0.6 is 0 Å². The first-order valence-electron chi connectivity index (χ1n) is 10.0. The van der Waals surface area contributed by atoms with Crippen molar-refractivity contribution < 1.29 is 14.3 Å². The number of anilines is 1. The zero-order valence-electron chi connectivity index (χ0n) is 16.4. The van der Waals surface area contributed by atoms with Crippen molar-refractivity contribution in [3.8, 4) is 11.5 Å². The first-order chi connectivity index (χ1) is 13.7. The molecule has 1 amide bonds. The molecule has 6 nitrogen and oxygen atoms in total. The number of nitrogens with one attached hydrogen (secondary N) is 2. The highest BCUT2D eigenvalue weighted by Gasteiger charge is 2.13. The summed E-state index contributed by atoms with van der Waals surface area (Å²) in [5.41, 5.74) is 0.607. The molecule has 2 N–H and O–H groups in total. The van der Waals surface area contributed by atoms with E-state index in [4.69, 9.17) is 9.47 Å². The van der Waals surface area contributed by atoms with E-state index in [2.05, 4.69) is 15.6 Å². The highest BCUT2D eigenvalue weighted by atomic mass is 16.5. The lowest BCUT2D eigenvalue weighted by atomic mass is 10.1. The Balaban J connectivity index is 1.44. The Hall–Kier alpha value is -2.76. The van der Waals surface area contributed by atoms with Gasteiger partial charge in [0.1, 0.15) is 23.9 Å². The van der Waals surface area contributed by atoms with Crippen molar-refractivity contribution in [1.82, 2.24) is 10.3 Å². The van der Waals surface area contributed by atoms with Gasteiger partial charge in [-0.3, -0.25) is 4.79 Å². The van der Waals surface area contributed by atoms with Crippen molar-refractivity contribution in [2.75, 3.05) is 25.6 Å². The maximum Gasteiger partial charge on any atom is 0.251 e. The van der Waals surface area contributed by atoms with Crippen molar-refractivity contribution in [3.05, 3.63) is 48.2 Å². The predicted octanol–water partition coefficient (Wildman–Crippen LogP) is 4.03. The second-order valence-electron chi connectivity index (χ2n) is 7.04. The van der Waals surface area contributed by atoms with Gasteiger partial charge in [0.25, 0.3) is 5.91 Å². The lowest BCUT2D eigenvalue weighted by Gasteiger charge is -2.17. The number of pyridine rings is 1. The number of carbonyl (C=O) groups is 1. The molecule has 0 atom stereocenters. The van der Waals surface area contributed by atoms with Crippen molar-refractivity contribution in [2.24, 2.45) is 0 Å². The largest absolute Gasteiger partial charge is 0.497 e. The molecule has 0 saturated heterocycles. The molecule has 0 bridgehead atoms. The second kappa shape index (κ2) is 10.5. The molecule has 1 fully saturated rings. The molecule has 0 unspecified atom stereocenters. The number of hydrogen-bond acceptors (Lipinski definition) is 5. The second-order valence-corrected chi connectivity index (χ2v) is 7.04. The molecular weight excluding hydrogens is 354 g/mol. The van der Waals surface area contributed by atoms with Gasteiger partial charge >= 0.3 is 0 Å². The van der Waals surface area contributed by atoms with E-state index in [1.54, 1.807) is 19.4 Å². The van der Waals surface area contributed by atoms with Gasteiger partial charge in [0.15, 0.2) is 0 Å². The van der Waals surface area contributed by atoms with Gasteiger partial charge < -0.3 is 20.1 Å². The minimum Gasteiger partial charge on any atom is -0.497 e. The first kappa shape index (κ1) is 20.0. The minimum atomic E-state index is -0.121. The van der Waals surface area contributed by atoms with Crippen LogP contribution in [0.25, 0.3) is 0 Å². The third-order valence-electron chi connectivity index (χ3n) is 4.95. The molecule has 6 heteroatoms. The van der Waals surface area contributed by atoms with E-state index in [0.29, 0.717) is 24.8 Å². The fourth-order valence-corrected chi connectivity index (χ4v) is 3.39. The molecule has 28 heavy (non-hydrogen) atoms. The van der Waals surface area contributed by atoms with Crippen LogP contribution in [0.3, 0.4) is 0 Å². The van der Waals surface area contributed by atoms with Crippen molar-refractivity contribution in [2.45, 2.75) is 44.6 Å². The number of nitrogens with zero attached hydrogens (tertiary/aromatic N) is 1. The zero-order valence-corrected chi connectivity index (χ0v) is 16.4. The van der Waals surface area contributed by atoms with Crippen LogP contribution in [0.4, 0.5) is 5.82 Å². The van der Waals surface area contributed by atoms with Crippen LogP contribution in [0.5, 0.6) is 11.5 Å². The van der Waals surface area contributed by atoms with Gasteiger partial charge in [0.05, 0.1) is 13.7 Å². The molecule has 1 aliphatic rings. The molecule has 2 aromatic rings. The Morgan fingerprint density at radius 3 is 2.50 bits per heavy atom. The number of methoxy groups -OCH3 is 1. The fourth-order valence-electron chi connectivity index (χ4n) is 3.39. The van der Waals surface area contributed by atoms with Crippen LogP contribution in [0.2, 0.25) is 0 Å². The number of ether oxygens (including phenoxy) is 2. The quantitative estimate of drug-likeness (QED) is 0.532. The summed E-state index contributed by atoms with van der Waals surface area (Å²) < 4.78 is 10.7. The lowest BCUT2D eigenvalue weighted by Crippen LogP contribution is -2.28. The Kier molecular flexibility index (Phi) is 7.53. The van der Waals surface area contributed by atoms with E-state index in [-0.39, 0.29) is 5.91 Å². The summed E-state index contributed by atoms with van der Waals surface area (Å²) in [5.74, 6) is 2.18. The number of amides is 1. The van der Waals surface area contributed by atoms with E-state index in [9.17, 15) is 4.79 Å². The molecule has 150 valence electrons. The molecule has 1 aromatic carbocycles. The van der Waals surface area contributed by atoms with Crippen LogP contribution in [0.1, 0.15) is 48.9 Å². The number of benzene rings is 1. The van der Waals surface area contributed by atoms with Gasteiger partial charge in [0, 0.05) is 17.8 Å². The maximum absolute atomic E-state index is 12.4. The van der Waals surface area contributed by atoms with Gasteiger partial charge in [-0.25, -0.2) is 4.98 Å². The van der Waals surface area contributed by atoms with Crippen LogP contribution in [-0.4, -0.2) is 37.2 Å². The van der Waals surface area contributed by atoms with Gasteiger partial charge in [-0.15, -0.1) is 0 Å². The molecular formula is C22H29N3O3. The Bertz CT molecular complexity index is 741. The molecule has 0 aliphatic heterocycles. The number of rotatable bonds is 8. The molecule has 1 aromatic heterocycles. The van der Waals surface area contributed by atoms with Gasteiger partial charge in [-0.2, -0.15) is 0 Å². The highest BCUT2D eigenvalue weighted by molar-refractivity contribution is 5.94. The smallest absolute Gasteiger partial charge is 0.251 e. The summed E-state index contributed by atoms with van der Waals surface area (Å²) in [7, 11) is 1.63. The average molecular weight is 383 g/mol. The van der Waals surface area contributed by atoms with Crippen LogP contribution in [0.15, 0.2) is 42.6 Å². The number of aromatic nitrogens is 1. The van der Waals surface area contributed by atoms with Crippen LogP contribution < -0.4 is 20.1 Å². The molecule has 1 saturated carbocycles. The summed E-state index contributed by atoms with van der Waals surface area (Å²) >= 11 is 0. The molecule has 0 spiro atoms. The van der Waals surface area contributed by atoms with Crippen molar-refractivity contribution >= 4 is 11.7 Å². The standard InChI is InChI=1S/C22H29N3O3/c1-27-19-8-10-20(11-9-19)28-15-14-24-22(26)17-12-13-23-21(16-17)25-18-6-4-2-3-5-7-18/h8-13,16,18H,2-7,14-15H2,1H3,(H,23,25)(H,24,26). The van der Waals surface area contributed by atoms with E-state index in [0.717, 1.165) is 17.3 Å². The van der Waals surface area contributed by atoms with Crippen molar-refractivity contribution in [1.29, 1.82) is 0 Å². The highest BCUT2D eigenvalue weighted by Crippen LogP contribution is 2.20. The first-order valence-corrected chi connectivity index (χ1v) is 10.0. The fraction of sp³-hybridized carbons (Fsp3) is 0.455. The number of carbonyl (C=O) groups excluding carboxylic acids is 1. The Morgan fingerprint density at radius 1 is 1.07 bits per heavy atom. The monoisotopic (exact) mass is 383 g/mol. The Labute approximate surface area is 166 Å². The topological polar surface area (TPSA) is 72.5 Å². The van der Waals surface area contributed by atoms with Crippen LogP contribution in [-0.2, 0) is 0 Å². The molecule has 0 radical (unpaired) electrons. The third kappa shape index (κ3) is 6.15. The Morgan fingerprint density at radius 2 is 1.79 bits per heavy atom. The summed E-state index contributed by atoms with van der Waals surface area (Å²) in [6.07, 6.45) is 9.15. The van der Waals surface area contributed by atoms with E-state index in [1.165, 1.54) is 38.5 Å². The molecule has 1 aliphatic carbocycles. The summed E-state index contributed by atoms with van der Waals surface area (Å²) in [5, 5.41) is 6.38. The summed E-state index contributed by atoms with van der Waals surface area (Å²) in [6.45, 7) is 0.828. The SMILES string of the molecule is COc1ccc(OCCNC(=O)c2ccnc(NC3CCCCCC3)c2)cc1. The van der Waals surface area contributed by atoms with Gasteiger partial charge in [0.2, 0.25) is 0 Å². The molecule has 1 heterocycles. The summed E-state index contributed by atoms with van der Waals surface area (Å²) in [6, 6.07) is 11.4. The van der Waals surface area contributed by atoms with Crippen LogP contribution in [0, 0.1) is 0 Å². The lowest BCUT2D eigenvalue weighted by molar-refractivity contribution is 0.0947. The predicted molar refractivity (Wildman–Crippen MR) is 110 cm³/mol. The van der Waals surface area contributed by atoms with E-state index >= 15 is 0 Å². The van der Waals surface area contributed by atoms with Gasteiger partial charge in [-0.05, 0) is 49.2 Å². The van der Waals surface area contributed by atoms with Crippen molar-refractivity contribution in [3.63, 3.8) is 0 Å². The number of hydrogen-bond donors (Lipinski definition) is 2. The maximum atomic E-state index is 12.4. The third-order valence-corrected chi connectivity index (χ3v) is 4.95. The minimum absolute atomic E-state index is 0.121. The molecule has 3 rings (SSSR count). The zero-order chi connectivity index (χ0) is 19.6. The van der Waals surface area contributed by atoms with E-state index < -0.39 is 0 Å².